The van der Waals surface area contributed by atoms with Gasteiger partial charge in [-0.2, -0.15) is 0 Å². The van der Waals surface area contributed by atoms with E-state index in [0.29, 0.717) is 0 Å². The van der Waals surface area contributed by atoms with Gasteiger partial charge in [0.2, 0.25) is 0 Å². The Bertz CT molecular complexity index is 173. The summed E-state index contributed by atoms with van der Waals surface area (Å²) in [6, 6.07) is 1.96. The molecule has 1 rings (SSSR count). The van der Waals surface area contributed by atoms with E-state index >= 15 is 0 Å². The van der Waals surface area contributed by atoms with Crippen molar-refractivity contribution in [2.24, 2.45) is 0 Å². The van der Waals surface area contributed by atoms with Gasteiger partial charge in [-0.25, -0.2) is 0 Å². The first kappa shape index (κ1) is 6.59. The zero-order valence-corrected chi connectivity index (χ0v) is 7.18. The molecule has 0 spiro atoms. The first-order valence-electron chi connectivity index (χ1n) is 2.12. The first-order chi connectivity index (χ1) is 3.83. The van der Waals surface area contributed by atoms with Crippen LogP contribution in [0.1, 0.15) is 4.88 Å². The molecule has 0 fully saturated rings. The molecule has 44 valence electrons. The van der Waals surface area contributed by atoms with Crippen LogP contribution in [0.2, 0.25) is 5.02 Å². The summed E-state index contributed by atoms with van der Waals surface area (Å²) >= 11 is 10.6. The highest BCUT2D eigenvalue weighted by molar-refractivity contribution is 9.08. The van der Waals surface area contributed by atoms with Crippen LogP contribution in [0.15, 0.2) is 11.4 Å². The van der Waals surface area contributed by atoms with Gasteiger partial charge in [0.15, 0.2) is 0 Å². The third-order valence-electron chi connectivity index (χ3n) is 0.753. The van der Waals surface area contributed by atoms with Gasteiger partial charge >= 0.3 is 0 Å². The molecule has 0 nitrogen and oxygen atoms in total. The molecule has 0 saturated heterocycles. The van der Waals surface area contributed by atoms with Crippen LogP contribution in [-0.4, -0.2) is 0 Å². The van der Waals surface area contributed by atoms with Gasteiger partial charge in [0.1, 0.15) is 0 Å². The zero-order chi connectivity index (χ0) is 5.98. The normalized spacial score (nSPS) is 9.75. The second kappa shape index (κ2) is 2.85. The van der Waals surface area contributed by atoms with Crippen molar-refractivity contribution >= 4 is 38.9 Å². The molecule has 1 aromatic heterocycles. The number of alkyl halides is 1. The van der Waals surface area contributed by atoms with Crippen LogP contribution in [0.3, 0.4) is 0 Å². The zero-order valence-electron chi connectivity index (χ0n) is 4.03. The fraction of sp³-hybridized carbons (Fsp3) is 0.200. The van der Waals surface area contributed by atoms with Gasteiger partial charge in [0.05, 0.1) is 5.02 Å². The van der Waals surface area contributed by atoms with E-state index in [1.54, 1.807) is 11.3 Å². The Morgan fingerprint density at radius 1 is 1.75 bits per heavy atom. The molecular formula is C5H4BrClS. The van der Waals surface area contributed by atoms with Crippen molar-refractivity contribution in [1.29, 1.82) is 0 Å². The Kier molecular flexibility index (Phi) is 2.35. The fourth-order valence-corrected chi connectivity index (χ4v) is 1.90. The third kappa shape index (κ3) is 1.47. The molecule has 0 N–H and O–H groups in total. The average molecular weight is 212 g/mol. The van der Waals surface area contributed by atoms with Crippen molar-refractivity contribution in [2.45, 2.75) is 5.33 Å². The van der Waals surface area contributed by atoms with Gasteiger partial charge in [-0.15, -0.1) is 11.3 Å². The maximum Gasteiger partial charge on any atom is 0.0516 e. The van der Waals surface area contributed by atoms with E-state index in [4.69, 9.17) is 11.6 Å². The molecule has 1 heterocycles. The lowest BCUT2D eigenvalue weighted by Gasteiger charge is -1.77. The van der Waals surface area contributed by atoms with Crippen LogP contribution in [0.5, 0.6) is 0 Å². The van der Waals surface area contributed by atoms with E-state index in [9.17, 15) is 0 Å². The van der Waals surface area contributed by atoms with Crippen LogP contribution < -0.4 is 0 Å². The highest BCUT2D eigenvalue weighted by Gasteiger charge is 1.92. The number of thiophene rings is 1. The minimum absolute atomic E-state index is 0.837. The van der Waals surface area contributed by atoms with Crippen LogP contribution >= 0.6 is 38.9 Å². The third-order valence-corrected chi connectivity index (χ3v) is 3.01. The van der Waals surface area contributed by atoms with Crippen molar-refractivity contribution < 1.29 is 0 Å². The van der Waals surface area contributed by atoms with E-state index < -0.39 is 0 Å². The number of rotatable bonds is 1. The molecular weight excluding hydrogens is 207 g/mol. The standard InChI is InChI=1S/C5H4BrClS/c6-2-5-1-4(7)3-8-5/h1,3H,2H2. The maximum atomic E-state index is 5.63. The molecule has 0 aliphatic carbocycles. The molecule has 8 heavy (non-hydrogen) atoms. The van der Waals surface area contributed by atoms with Crippen molar-refractivity contribution in [3.8, 4) is 0 Å². The van der Waals surface area contributed by atoms with E-state index in [-0.39, 0.29) is 0 Å². The van der Waals surface area contributed by atoms with E-state index in [1.165, 1.54) is 4.88 Å². The number of hydrogen-bond acceptors (Lipinski definition) is 1. The Morgan fingerprint density at radius 3 is 2.75 bits per heavy atom. The van der Waals surface area contributed by atoms with Crippen molar-refractivity contribution in [2.75, 3.05) is 0 Å². The Balaban J connectivity index is 2.84. The highest BCUT2D eigenvalue weighted by atomic mass is 79.9. The molecule has 0 aromatic carbocycles. The molecule has 0 aliphatic rings. The maximum absolute atomic E-state index is 5.63. The second-order valence-electron chi connectivity index (χ2n) is 1.36. The summed E-state index contributed by atoms with van der Waals surface area (Å²) in [6.07, 6.45) is 0. The van der Waals surface area contributed by atoms with Gasteiger partial charge in [0.25, 0.3) is 0 Å². The molecule has 0 aliphatic heterocycles. The molecule has 0 unspecified atom stereocenters. The molecule has 0 atom stereocenters. The van der Waals surface area contributed by atoms with Crippen LogP contribution in [-0.2, 0) is 5.33 Å². The van der Waals surface area contributed by atoms with E-state index in [1.807, 2.05) is 11.4 Å². The summed E-state index contributed by atoms with van der Waals surface area (Å²) in [6.45, 7) is 0. The van der Waals surface area contributed by atoms with Crippen molar-refractivity contribution in [1.82, 2.24) is 0 Å². The smallest absolute Gasteiger partial charge is 0.0516 e. The summed E-state index contributed by atoms with van der Waals surface area (Å²) in [4.78, 5) is 1.27. The SMILES string of the molecule is Clc1csc(CBr)c1. The number of halogens is 2. The van der Waals surface area contributed by atoms with Crippen molar-refractivity contribution in [3.63, 3.8) is 0 Å². The molecule has 0 saturated carbocycles. The predicted octanol–water partition coefficient (Wildman–Crippen LogP) is 3.30. The topological polar surface area (TPSA) is 0 Å². The predicted molar refractivity (Wildman–Crippen MR) is 42.0 cm³/mol. The lowest BCUT2D eigenvalue weighted by molar-refractivity contribution is 1.59. The Morgan fingerprint density at radius 2 is 2.50 bits per heavy atom. The van der Waals surface area contributed by atoms with Gasteiger partial charge < -0.3 is 0 Å². The van der Waals surface area contributed by atoms with Gasteiger partial charge in [-0.3, -0.25) is 0 Å². The average Bonchev–Trinajstić information content (AvgIpc) is 2.14. The quantitative estimate of drug-likeness (QED) is 0.625. The summed E-state index contributed by atoms with van der Waals surface area (Å²) in [5.74, 6) is 0. The Labute approximate surface area is 65.6 Å². The van der Waals surface area contributed by atoms with E-state index in [2.05, 4.69) is 15.9 Å². The molecule has 0 radical (unpaired) electrons. The first-order valence-corrected chi connectivity index (χ1v) is 4.49. The lowest BCUT2D eigenvalue weighted by atomic mass is 10.5. The fourth-order valence-electron chi connectivity index (χ4n) is 0.424. The minimum atomic E-state index is 0.837. The lowest BCUT2D eigenvalue weighted by Crippen LogP contribution is -1.58. The molecule has 0 bridgehead atoms. The van der Waals surface area contributed by atoms with Gasteiger partial charge in [-0.05, 0) is 6.07 Å². The molecule has 1 aromatic rings. The van der Waals surface area contributed by atoms with Gasteiger partial charge in [0, 0.05) is 15.6 Å². The van der Waals surface area contributed by atoms with Crippen LogP contribution in [0.4, 0.5) is 0 Å². The minimum Gasteiger partial charge on any atom is -0.146 e. The summed E-state index contributed by atoms with van der Waals surface area (Å²) in [5, 5.41) is 3.67. The monoisotopic (exact) mass is 210 g/mol. The molecule has 0 amide bonds. The van der Waals surface area contributed by atoms with E-state index in [0.717, 1.165) is 10.4 Å². The van der Waals surface area contributed by atoms with Crippen LogP contribution in [0.25, 0.3) is 0 Å². The number of hydrogen-bond donors (Lipinski definition) is 0. The highest BCUT2D eigenvalue weighted by Crippen LogP contribution is 2.20. The summed E-state index contributed by atoms with van der Waals surface area (Å²) in [7, 11) is 0. The second-order valence-corrected chi connectivity index (χ2v) is 3.36. The summed E-state index contributed by atoms with van der Waals surface area (Å²) in [5.41, 5.74) is 0. The molecule has 3 heteroatoms. The van der Waals surface area contributed by atoms with Gasteiger partial charge in [-0.1, -0.05) is 27.5 Å². The largest absolute Gasteiger partial charge is 0.146 e. The Hall–Kier alpha value is 0.470. The van der Waals surface area contributed by atoms with Crippen LogP contribution in [0, 0.1) is 0 Å². The van der Waals surface area contributed by atoms with Crippen molar-refractivity contribution in [3.05, 3.63) is 21.3 Å². The summed E-state index contributed by atoms with van der Waals surface area (Å²) < 4.78 is 0.